The van der Waals surface area contributed by atoms with Crippen LogP contribution in [0.5, 0.6) is 0 Å². The molecule has 1 aliphatic heterocycles. The summed E-state index contributed by atoms with van der Waals surface area (Å²) in [6, 6.07) is 11.4. The van der Waals surface area contributed by atoms with Crippen molar-refractivity contribution in [1.29, 1.82) is 5.26 Å². The number of aliphatic hydroxyl groups excluding tert-OH is 1. The first-order valence-electron chi connectivity index (χ1n) is 13.2. The van der Waals surface area contributed by atoms with E-state index in [9.17, 15) is 33.1 Å². The lowest BCUT2D eigenvalue weighted by Crippen LogP contribution is -2.43. The summed E-state index contributed by atoms with van der Waals surface area (Å²) in [5, 5.41) is 25.7. The van der Waals surface area contributed by atoms with Crippen LogP contribution >= 0.6 is 0 Å². The Morgan fingerprint density at radius 2 is 1.95 bits per heavy atom. The number of ether oxygens (including phenoxy) is 1. The van der Waals surface area contributed by atoms with Crippen molar-refractivity contribution in [1.82, 2.24) is 14.8 Å². The number of anilines is 2. The quantitative estimate of drug-likeness (QED) is 0.276. The zero-order chi connectivity index (χ0) is 30.8. The number of fused-ring (bicyclic) bond motifs is 1. The zero-order valence-electron chi connectivity index (χ0n) is 23.6. The molecule has 2 aromatic carbocycles. The number of benzene rings is 2. The highest BCUT2D eigenvalue weighted by atomic mass is 19.3. The Labute approximate surface area is 240 Å². The molecular weight excluding hydrogens is 553 g/mol. The minimum atomic E-state index is -3.24. The summed E-state index contributed by atoms with van der Waals surface area (Å²) in [4.78, 5) is 28.1. The van der Waals surface area contributed by atoms with E-state index in [4.69, 9.17) is 4.74 Å². The highest BCUT2D eigenvalue weighted by Crippen LogP contribution is 2.43. The summed E-state index contributed by atoms with van der Waals surface area (Å²) in [6.45, 7) is 2.65. The number of allylic oxidation sites excluding steroid dienone is 1. The monoisotopic (exact) mass is 585 g/mol. The van der Waals surface area contributed by atoms with Crippen LogP contribution in [-0.4, -0.2) is 77.7 Å². The minimum absolute atomic E-state index is 0.0135. The van der Waals surface area contributed by atoms with Crippen LogP contribution < -0.4 is 10.6 Å². The normalized spacial score (nSPS) is 15.9. The number of hydrogen-bond donors (Lipinski definition) is 2. The van der Waals surface area contributed by atoms with Crippen LogP contribution in [0.3, 0.4) is 0 Å². The van der Waals surface area contributed by atoms with Gasteiger partial charge in [-0.15, -0.1) is 5.10 Å². The van der Waals surface area contributed by atoms with Gasteiger partial charge in [-0.2, -0.15) is 5.26 Å². The van der Waals surface area contributed by atoms with Gasteiger partial charge in [0.1, 0.15) is 12.6 Å². The number of rotatable bonds is 10. The molecule has 222 valence electrons. The van der Waals surface area contributed by atoms with Crippen molar-refractivity contribution >= 4 is 17.6 Å². The van der Waals surface area contributed by atoms with Crippen LogP contribution in [0.25, 0.3) is 0 Å². The van der Waals surface area contributed by atoms with Crippen LogP contribution in [0.2, 0.25) is 0 Å². The third-order valence-electron chi connectivity index (χ3n) is 7.47. The number of methoxy groups -OCH3 is 1. The fraction of sp³-hybridized carbons (Fsp3) is 0.379. The lowest BCUT2D eigenvalue weighted by Gasteiger charge is -2.36. The summed E-state index contributed by atoms with van der Waals surface area (Å²) < 4.78 is 47.5. The number of aromatic amines is 1. The standard InChI is InChI=1S/C29H31F3N6O4/c1-17-23(27(40)42-4)25(22-9-8-18(16-33)14-19(22)10-11-38(2,3)12-13-39)37-28(34-35-29(37)41)36(17)21-7-5-6-20(15-21)24(30)26(31)32/h5-9,14-15,24-26,39H,10-13H2,1-4H3/p+1. The molecule has 0 radical (unpaired) electrons. The topological polar surface area (TPSA) is 124 Å². The van der Waals surface area contributed by atoms with E-state index >= 15 is 0 Å². The van der Waals surface area contributed by atoms with E-state index in [0.29, 0.717) is 40.7 Å². The lowest BCUT2D eigenvalue weighted by molar-refractivity contribution is -0.890. The number of halogens is 3. The van der Waals surface area contributed by atoms with Gasteiger partial charge in [0, 0.05) is 17.8 Å². The van der Waals surface area contributed by atoms with Gasteiger partial charge in [-0.25, -0.2) is 32.4 Å². The van der Waals surface area contributed by atoms with Crippen molar-refractivity contribution in [3.05, 3.63) is 86.5 Å². The largest absolute Gasteiger partial charge is 0.466 e. The van der Waals surface area contributed by atoms with E-state index < -0.39 is 30.3 Å². The van der Waals surface area contributed by atoms with Gasteiger partial charge in [-0.3, -0.25) is 4.90 Å². The smallest absolute Gasteiger partial charge is 0.345 e. The summed E-state index contributed by atoms with van der Waals surface area (Å²) in [7, 11) is 5.10. The molecule has 0 amide bonds. The minimum Gasteiger partial charge on any atom is -0.466 e. The van der Waals surface area contributed by atoms with Gasteiger partial charge in [-0.05, 0) is 47.9 Å². The average Bonchev–Trinajstić information content (AvgIpc) is 3.35. The molecule has 42 heavy (non-hydrogen) atoms. The van der Waals surface area contributed by atoms with E-state index in [1.165, 1.54) is 40.8 Å². The molecule has 3 aromatic rings. The first-order valence-corrected chi connectivity index (χ1v) is 13.2. The summed E-state index contributed by atoms with van der Waals surface area (Å²) in [5.74, 6) is -0.702. The second-order valence-corrected chi connectivity index (χ2v) is 10.6. The highest BCUT2D eigenvalue weighted by molar-refractivity contribution is 5.93. The molecule has 4 rings (SSSR count). The molecular formula is C29H32F3N6O4+. The Morgan fingerprint density at radius 3 is 2.60 bits per heavy atom. The number of carbonyl (C=O) groups is 1. The number of aliphatic hydroxyl groups is 1. The SMILES string of the molecule is COC(=O)C1=C(C)N(c2cccc(C(F)C(F)F)c2)c2n[nH]c(=O)n2C1c1ccc(C#N)cc1CC[N+](C)(C)CCO. The molecule has 0 saturated heterocycles. The number of nitriles is 1. The number of hydrogen-bond acceptors (Lipinski definition) is 7. The van der Waals surface area contributed by atoms with E-state index in [1.807, 2.05) is 14.1 Å². The van der Waals surface area contributed by atoms with E-state index in [2.05, 4.69) is 16.3 Å². The maximum Gasteiger partial charge on any atom is 0.345 e. The van der Waals surface area contributed by atoms with Crippen LogP contribution in [-0.2, 0) is 16.0 Å². The first kappa shape index (κ1) is 30.5. The lowest BCUT2D eigenvalue weighted by atomic mass is 9.89. The van der Waals surface area contributed by atoms with Gasteiger partial charge < -0.3 is 14.3 Å². The predicted molar refractivity (Wildman–Crippen MR) is 148 cm³/mol. The summed E-state index contributed by atoms with van der Waals surface area (Å²) in [6.07, 6.45) is -5.34. The number of carbonyl (C=O) groups excluding carboxylic acids is 1. The Kier molecular flexibility index (Phi) is 8.89. The van der Waals surface area contributed by atoms with Crippen molar-refractivity contribution in [2.75, 3.05) is 45.8 Å². The Hall–Kier alpha value is -4.41. The molecule has 0 spiro atoms. The number of nitrogens with zero attached hydrogens (tertiary/aromatic N) is 5. The molecule has 1 aromatic heterocycles. The first-order chi connectivity index (χ1) is 19.9. The second kappa shape index (κ2) is 12.2. The molecule has 2 heterocycles. The fourth-order valence-corrected chi connectivity index (χ4v) is 5.20. The number of likely N-dealkylation sites (N-methyl/N-ethyl adjacent to an activating group) is 1. The molecule has 2 atom stereocenters. The number of H-pyrrole nitrogens is 1. The van der Waals surface area contributed by atoms with Gasteiger partial charge in [-0.1, -0.05) is 18.2 Å². The third-order valence-corrected chi connectivity index (χ3v) is 7.47. The van der Waals surface area contributed by atoms with Gasteiger partial charge in [0.2, 0.25) is 5.95 Å². The van der Waals surface area contributed by atoms with Crippen LogP contribution in [0, 0.1) is 11.3 Å². The number of nitrogens with one attached hydrogen (secondary N) is 1. The number of esters is 1. The molecule has 0 bridgehead atoms. The molecule has 10 nitrogen and oxygen atoms in total. The predicted octanol–water partition coefficient (Wildman–Crippen LogP) is 3.52. The Bertz CT molecular complexity index is 1610. The maximum absolute atomic E-state index is 14.3. The van der Waals surface area contributed by atoms with Crippen LogP contribution in [0.1, 0.15) is 41.4 Å². The van der Waals surface area contributed by atoms with E-state index in [1.54, 1.807) is 25.1 Å². The van der Waals surface area contributed by atoms with E-state index in [0.717, 1.165) is 0 Å². The third kappa shape index (κ3) is 5.81. The zero-order valence-corrected chi connectivity index (χ0v) is 23.6. The fourth-order valence-electron chi connectivity index (χ4n) is 5.20. The van der Waals surface area contributed by atoms with Crippen molar-refractivity contribution < 1.29 is 32.3 Å². The van der Waals surface area contributed by atoms with Crippen molar-refractivity contribution in [3.8, 4) is 6.07 Å². The highest BCUT2D eigenvalue weighted by Gasteiger charge is 2.40. The molecule has 0 fully saturated rings. The molecule has 2 unspecified atom stereocenters. The summed E-state index contributed by atoms with van der Waals surface area (Å²) >= 11 is 0. The average molecular weight is 586 g/mol. The maximum atomic E-state index is 14.3. The molecule has 13 heteroatoms. The van der Waals surface area contributed by atoms with Gasteiger partial charge in [0.25, 0.3) is 6.43 Å². The summed E-state index contributed by atoms with van der Waals surface area (Å²) in [5.41, 5.74) is 1.26. The van der Waals surface area contributed by atoms with Crippen molar-refractivity contribution in [2.24, 2.45) is 0 Å². The Balaban J connectivity index is 1.94. The molecule has 1 aliphatic rings. The van der Waals surface area contributed by atoms with Crippen molar-refractivity contribution in [2.45, 2.75) is 32.0 Å². The number of alkyl halides is 3. The second-order valence-electron chi connectivity index (χ2n) is 10.6. The molecule has 2 N–H and O–H groups in total. The van der Waals surface area contributed by atoms with Crippen molar-refractivity contribution in [3.63, 3.8) is 0 Å². The molecule has 0 aliphatic carbocycles. The van der Waals surface area contributed by atoms with Gasteiger partial charge in [0.05, 0.1) is 51.6 Å². The van der Waals surface area contributed by atoms with Crippen LogP contribution in [0.15, 0.2) is 58.5 Å². The number of quaternary nitrogens is 1. The molecule has 0 saturated carbocycles. The Morgan fingerprint density at radius 1 is 1.21 bits per heavy atom. The van der Waals surface area contributed by atoms with E-state index in [-0.39, 0.29) is 35.1 Å². The van der Waals surface area contributed by atoms with Crippen LogP contribution in [0.4, 0.5) is 24.8 Å². The number of aromatic nitrogens is 3. The van der Waals surface area contributed by atoms with Gasteiger partial charge >= 0.3 is 11.7 Å². The van der Waals surface area contributed by atoms with Gasteiger partial charge in [0.15, 0.2) is 6.17 Å².